The Morgan fingerprint density at radius 2 is 2.15 bits per heavy atom. The number of esters is 1. The van der Waals surface area contributed by atoms with Crippen molar-refractivity contribution in [1.29, 1.82) is 0 Å². The van der Waals surface area contributed by atoms with Gasteiger partial charge in [-0.2, -0.15) is 0 Å². The normalized spacial score (nSPS) is 13.8. The van der Waals surface area contributed by atoms with Crippen molar-refractivity contribution in [2.75, 3.05) is 6.61 Å². The lowest BCUT2D eigenvalue weighted by atomic mass is 10.2. The summed E-state index contributed by atoms with van der Waals surface area (Å²) in [5.41, 5.74) is 0.879. The third-order valence-electron chi connectivity index (χ3n) is 3.21. The summed E-state index contributed by atoms with van der Waals surface area (Å²) in [6.45, 7) is 2.64. The summed E-state index contributed by atoms with van der Waals surface area (Å²) in [6.07, 6.45) is 4.17. The van der Waals surface area contributed by atoms with E-state index < -0.39 is 0 Å². The molecule has 0 atom stereocenters. The van der Waals surface area contributed by atoms with Crippen molar-refractivity contribution in [2.24, 2.45) is 0 Å². The van der Waals surface area contributed by atoms with E-state index in [1.54, 1.807) is 13.1 Å². The largest absolute Gasteiger partial charge is 0.466 e. The van der Waals surface area contributed by atoms with Gasteiger partial charge >= 0.3 is 5.97 Å². The lowest BCUT2D eigenvalue weighted by Gasteiger charge is -2.22. The van der Waals surface area contributed by atoms with E-state index in [1.807, 2.05) is 23.1 Å². The first kappa shape index (κ1) is 14.5. The van der Waals surface area contributed by atoms with Gasteiger partial charge in [0, 0.05) is 18.7 Å². The Morgan fingerprint density at radius 3 is 2.75 bits per heavy atom. The molecular weight excluding hydrogens is 256 g/mol. The summed E-state index contributed by atoms with van der Waals surface area (Å²) < 4.78 is 4.84. The molecule has 5 heteroatoms. The molecule has 0 aromatic carbocycles. The maximum absolute atomic E-state index is 12.2. The quantitative estimate of drug-likeness (QED) is 0.714. The van der Waals surface area contributed by atoms with Gasteiger partial charge in [-0.25, -0.2) is 0 Å². The first-order valence-corrected chi connectivity index (χ1v) is 7.05. The monoisotopic (exact) mass is 276 g/mol. The molecule has 1 aromatic heterocycles. The number of nitrogens with zero attached hydrogens (tertiary/aromatic N) is 2. The van der Waals surface area contributed by atoms with Gasteiger partial charge in [0.1, 0.15) is 0 Å². The van der Waals surface area contributed by atoms with E-state index in [9.17, 15) is 9.59 Å². The van der Waals surface area contributed by atoms with Gasteiger partial charge in [0.2, 0.25) is 5.91 Å². The van der Waals surface area contributed by atoms with E-state index in [-0.39, 0.29) is 24.7 Å². The highest BCUT2D eigenvalue weighted by atomic mass is 16.5. The standard InChI is InChI=1S/C15H20N2O3/c1-2-20-15(19)9-8-14(18)17(13-6-7-13)11-12-5-3-4-10-16-12/h3-5,10,13H,2,6-9,11H2,1H3. The number of rotatable bonds is 7. The minimum atomic E-state index is -0.311. The van der Waals surface area contributed by atoms with Crippen LogP contribution in [-0.4, -0.2) is 34.4 Å². The van der Waals surface area contributed by atoms with Crippen LogP contribution in [0.4, 0.5) is 0 Å². The number of hydrogen-bond acceptors (Lipinski definition) is 4. The van der Waals surface area contributed by atoms with Gasteiger partial charge in [-0.15, -0.1) is 0 Å². The first-order chi connectivity index (χ1) is 9.70. The molecule has 0 N–H and O–H groups in total. The van der Waals surface area contributed by atoms with Crippen molar-refractivity contribution in [3.05, 3.63) is 30.1 Å². The number of pyridine rings is 1. The van der Waals surface area contributed by atoms with Crippen LogP contribution in [0.25, 0.3) is 0 Å². The van der Waals surface area contributed by atoms with Crippen LogP contribution in [0.1, 0.15) is 38.3 Å². The highest BCUT2D eigenvalue weighted by molar-refractivity contribution is 5.81. The molecule has 1 aliphatic rings. The van der Waals surface area contributed by atoms with Gasteiger partial charge in [-0.05, 0) is 31.9 Å². The molecule has 0 unspecified atom stereocenters. The second-order valence-corrected chi connectivity index (χ2v) is 4.88. The molecule has 0 aliphatic heterocycles. The molecule has 1 aliphatic carbocycles. The molecule has 0 spiro atoms. The summed E-state index contributed by atoms with van der Waals surface area (Å²) in [5, 5.41) is 0. The van der Waals surface area contributed by atoms with Crippen LogP contribution in [0.3, 0.4) is 0 Å². The van der Waals surface area contributed by atoms with Gasteiger partial charge in [0.25, 0.3) is 0 Å². The number of carbonyl (C=O) groups excluding carboxylic acids is 2. The maximum Gasteiger partial charge on any atom is 0.306 e. The van der Waals surface area contributed by atoms with Crippen molar-refractivity contribution < 1.29 is 14.3 Å². The fourth-order valence-corrected chi connectivity index (χ4v) is 2.06. The minimum Gasteiger partial charge on any atom is -0.466 e. The predicted octanol–water partition coefficient (Wildman–Crippen LogP) is 1.92. The maximum atomic E-state index is 12.2. The van der Waals surface area contributed by atoms with Crippen LogP contribution in [-0.2, 0) is 20.9 Å². The fraction of sp³-hybridized carbons (Fsp3) is 0.533. The van der Waals surface area contributed by atoms with Gasteiger partial charge < -0.3 is 9.64 Å². The third kappa shape index (κ3) is 4.33. The summed E-state index contributed by atoms with van der Waals surface area (Å²) >= 11 is 0. The third-order valence-corrected chi connectivity index (χ3v) is 3.21. The molecule has 1 fully saturated rings. The Morgan fingerprint density at radius 1 is 1.35 bits per heavy atom. The first-order valence-electron chi connectivity index (χ1n) is 7.05. The molecular formula is C15H20N2O3. The van der Waals surface area contributed by atoms with E-state index in [1.165, 1.54) is 0 Å². The molecule has 0 radical (unpaired) electrons. The Kier molecular flexibility index (Phi) is 5.09. The number of carbonyl (C=O) groups is 2. The topological polar surface area (TPSA) is 59.5 Å². The van der Waals surface area contributed by atoms with Gasteiger partial charge in [0.15, 0.2) is 0 Å². The number of amides is 1. The molecule has 108 valence electrons. The minimum absolute atomic E-state index is 0.00575. The van der Waals surface area contributed by atoms with Gasteiger partial charge in [-0.3, -0.25) is 14.6 Å². The summed E-state index contributed by atoms with van der Waals surface area (Å²) in [5.74, 6) is -0.305. The summed E-state index contributed by atoms with van der Waals surface area (Å²) in [7, 11) is 0. The van der Waals surface area contributed by atoms with Crippen LogP contribution < -0.4 is 0 Å². The highest BCUT2D eigenvalue weighted by Crippen LogP contribution is 2.28. The molecule has 1 heterocycles. The molecule has 0 saturated heterocycles. The Labute approximate surface area is 118 Å². The zero-order chi connectivity index (χ0) is 14.4. The SMILES string of the molecule is CCOC(=O)CCC(=O)N(Cc1ccccn1)C1CC1. The van der Waals surface area contributed by atoms with Crippen LogP contribution in [0.5, 0.6) is 0 Å². The lowest BCUT2D eigenvalue weighted by molar-refractivity contribution is -0.146. The molecule has 2 rings (SSSR count). The molecule has 0 bridgehead atoms. The van der Waals surface area contributed by atoms with Crippen molar-refractivity contribution in [1.82, 2.24) is 9.88 Å². The number of aromatic nitrogens is 1. The number of ether oxygens (including phenoxy) is 1. The van der Waals surface area contributed by atoms with Crippen molar-refractivity contribution in [3.8, 4) is 0 Å². The van der Waals surface area contributed by atoms with Crippen LogP contribution >= 0.6 is 0 Å². The van der Waals surface area contributed by atoms with Gasteiger partial charge in [0.05, 0.1) is 25.3 Å². The van der Waals surface area contributed by atoms with Crippen LogP contribution in [0.2, 0.25) is 0 Å². The Bertz CT molecular complexity index is 457. The van der Waals surface area contributed by atoms with E-state index in [0.29, 0.717) is 19.2 Å². The zero-order valence-corrected chi connectivity index (χ0v) is 11.7. The average molecular weight is 276 g/mol. The lowest BCUT2D eigenvalue weighted by Crippen LogP contribution is -2.33. The smallest absolute Gasteiger partial charge is 0.306 e. The van der Waals surface area contributed by atoms with Crippen molar-refractivity contribution in [3.63, 3.8) is 0 Å². The molecule has 1 amide bonds. The zero-order valence-electron chi connectivity index (χ0n) is 11.7. The average Bonchev–Trinajstić information content (AvgIpc) is 3.28. The summed E-state index contributed by atoms with van der Waals surface area (Å²) in [4.78, 5) is 29.6. The summed E-state index contributed by atoms with van der Waals surface area (Å²) in [6, 6.07) is 5.99. The van der Waals surface area contributed by atoms with Crippen LogP contribution in [0, 0.1) is 0 Å². The Hall–Kier alpha value is -1.91. The molecule has 20 heavy (non-hydrogen) atoms. The van der Waals surface area contributed by atoms with E-state index >= 15 is 0 Å². The fourth-order valence-electron chi connectivity index (χ4n) is 2.06. The highest BCUT2D eigenvalue weighted by Gasteiger charge is 2.32. The van der Waals surface area contributed by atoms with Crippen molar-refractivity contribution in [2.45, 2.75) is 45.2 Å². The van der Waals surface area contributed by atoms with Gasteiger partial charge in [-0.1, -0.05) is 6.07 Å². The van der Waals surface area contributed by atoms with E-state index in [4.69, 9.17) is 4.74 Å². The van der Waals surface area contributed by atoms with Crippen molar-refractivity contribution >= 4 is 11.9 Å². The second-order valence-electron chi connectivity index (χ2n) is 4.88. The molecule has 5 nitrogen and oxygen atoms in total. The van der Waals surface area contributed by atoms with E-state index in [0.717, 1.165) is 18.5 Å². The molecule has 1 saturated carbocycles. The molecule has 1 aromatic rings. The van der Waals surface area contributed by atoms with Crippen LogP contribution in [0.15, 0.2) is 24.4 Å². The Balaban J connectivity index is 1.88. The number of hydrogen-bond donors (Lipinski definition) is 0. The van der Waals surface area contributed by atoms with E-state index in [2.05, 4.69) is 4.98 Å². The second kappa shape index (κ2) is 7.03. The predicted molar refractivity (Wildman–Crippen MR) is 73.7 cm³/mol.